The highest BCUT2D eigenvalue weighted by Crippen LogP contribution is 2.32. The molecule has 0 saturated carbocycles. The summed E-state index contributed by atoms with van der Waals surface area (Å²) in [5.41, 5.74) is 3.89. The number of hydrogen-bond donors (Lipinski definition) is 1. The minimum Gasteiger partial charge on any atom is -0.340 e. The number of H-pyrrole nitrogens is 1. The smallest absolute Gasteiger partial charge is 0.229 e. The van der Waals surface area contributed by atoms with Gasteiger partial charge >= 0.3 is 0 Å². The second-order valence-corrected chi connectivity index (χ2v) is 7.93. The van der Waals surface area contributed by atoms with Crippen molar-refractivity contribution in [3.63, 3.8) is 0 Å². The van der Waals surface area contributed by atoms with Gasteiger partial charge < -0.3 is 9.88 Å². The topological polar surface area (TPSA) is 61.9 Å². The Bertz CT molecular complexity index is 1080. The fourth-order valence-electron chi connectivity index (χ4n) is 3.84. The van der Waals surface area contributed by atoms with Gasteiger partial charge in [0.1, 0.15) is 10.8 Å². The number of aromatic amines is 1. The molecule has 1 atom stereocenters. The standard InChI is InChI=1S/C22H20N4OS/c27-20(13-16-14-28-22(23-16)15-7-2-1-3-8-15)26-12-6-11-19(26)21-24-17-9-4-5-10-18(17)25-21/h1-5,7-10,14,19H,6,11-13H2,(H,24,25). The molecule has 1 N–H and O–H groups in total. The zero-order valence-electron chi connectivity index (χ0n) is 15.3. The second kappa shape index (κ2) is 7.20. The Kier molecular flexibility index (Phi) is 4.41. The fourth-order valence-corrected chi connectivity index (χ4v) is 4.66. The van der Waals surface area contributed by atoms with Crippen molar-refractivity contribution in [3.8, 4) is 10.6 Å². The summed E-state index contributed by atoms with van der Waals surface area (Å²) in [4.78, 5) is 27.7. The van der Waals surface area contributed by atoms with Crippen LogP contribution in [0.15, 0.2) is 60.0 Å². The van der Waals surface area contributed by atoms with Crippen LogP contribution >= 0.6 is 11.3 Å². The molecule has 1 aliphatic heterocycles. The molecular weight excluding hydrogens is 368 g/mol. The van der Waals surface area contributed by atoms with Gasteiger partial charge in [0.25, 0.3) is 0 Å². The number of rotatable bonds is 4. The summed E-state index contributed by atoms with van der Waals surface area (Å²) in [5, 5.41) is 2.95. The molecule has 2 aromatic heterocycles. The van der Waals surface area contributed by atoms with Gasteiger partial charge in [0.2, 0.25) is 5.91 Å². The maximum Gasteiger partial charge on any atom is 0.229 e. The van der Waals surface area contributed by atoms with Crippen LogP contribution in [0.5, 0.6) is 0 Å². The lowest BCUT2D eigenvalue weighted by atomic mass is 10.2. The molecular formula is C22H20N4OS. The number of para-hydroxylation sites is 2. The zero-order chi connectivity index (χ0) is 18.9. The number of nitrogens with zero attached hydrogens (tertiary/aromatic N) is 3. The van der Waals surface area contributed by atoms with Crippen molar-refractivity contribution in [3.05, 3.63) is 71.5 Å². The maximum absolute atomic E-state index is 13.0. The van der Waals surface area contributed by atoms with Crippen molar-refractivity contribution < 1.29 is 4.79 Å². The minimum absolute atomic E-state index is 0.0205. The summed E-state index contributed by atoms with van der Waals surface area (Å²) in [6.45, 7) is 0.774. The SMILES string of the molecule is O=C(Cc1csc(-c2ccccc2)n1)N1CCCC1c1nc2ccccc2[nH]1. The van der Waals surface area contributed by atoms with Gasteiger partial charge in [0, 0.05) is 17.5 Å². The summed E-state index contributed by atoms with van der Waals surface area (Å²) in [5.74, 6) is 1.00. The molecule has 0 aliphatic carbocycles. The maximum atomic E-state index is 13.0. The average molecular weight is 388 g/mol. The van der Waals surface area contributed by atoms with Gasteiger partial charge in [-0.2, -0.15) is 0 Å². The van der Waals surface area contributed by atoms with Crippen molar-refractivity contribution >= 4 is 28.3 Å². The number of fused-ring (bicyclic) bond motifs is 1. The largest absolute Gasteiger partial charge is 0.340 e. The third-order valence-corrected chi connectivity index (χ3v) is 6.14. The second-order valence-electron chi connectivity index (χ2n) is 7.07. The number of amides is 1. The van der Waals surface area contributed by atoms with Gasteiger partial charge in [-0.05, 0) is 25.0 Å². The minimum atomic E-state index is 0.0205. The molecule has 3 heterocycles. The predicted molar refractivity (Wildman–Crippen MR) is 111 cm³/mol. The molecule has 5 nitrogen and oxygen atoms in total. The van der Waals surface area contributed by atoms with Gasteiger partial charge in [0.15, 0.2) is 0 Å². The Balaban J connectivity index is 1.34. The predicted octanol–water partition coefficient (Wildman–Crippen LogP) is 4.59. The zero-order valence-corrected chi connectivity index (χ0v) is 16.2. The number of carbonyl (C=O) groups is 1. The molecule has 0 radical (unpaired) electrons. The Morgan fingerprint density at radius 2 is 1.93 bits per heavy atom. The number of benzene rings is 2. The lowest BCUT2D eigenvalue weighted by molar-refractivity contribution is -0.131. The van der Waals surface area contributed by atoms with Crippen LogP contribution in [0.3, 0.4) is 0 Å². The molecule has 1 amide bonds. The number of nitrogens with one attached hydrogen (secondary N) is 1. The monoisotopic (exact) mass is 388 g/mol. The molecule has 5 rings (SSSR count). The first kappa shape index (κ1) is 17.1. The van der Waals surface area contributed by atoms with Crippen molar-refractivity contribution in [1.29, 1.82) is 0 Å². The van der Waals surface area contributed by atoms with Crippen LogP contribution in [-0.4, -0.2) is 32.3 Å². The molecule has 140 valence electrons. The van der Waals surface area contributed by atoms with E-state index in [0.717, 1.165) is 52.5 Å². The van der Waals surface area contributed by atoms with Crippen molar-refractivity contribution in [2.45, 2.75) is 25.3 Å². The van der Waals surface area contributed by atoms with Crippen LogP contribution < -0.4 is 0 Å². The Hall–Kier alpha value is -2.99. The molecule has 1 aliphatic rings. The van der Waals surface area contributed by atoms with Gasteiger partial charge in [-0.25, -0.2) is 9.97 Å². The van der Waals surface area contributed by atoms with Gasteiger partial charge in [-0.1, -0.05) is 42.5 Å². The number of thiazole rings is 1. The Morgan fingerprint density at radius 1 is 1.11 bits per heavy atom. The highest BCUT2D eigenvalue weighted by Gasteiger charge is 2.32. The van der Waals surface area contributed by atoms with E-state index in [1.807, 2.05) is 64.9 Å². The van der Waals surface area contributed by atoms with E-state index in [4.69, 9.17) is 4.98 Å². The molecule has 1 saturated heterocycles. The van der Waals surface area contributed by atoms with Crippen molar-refractivity contribution in [1.82, 2.24) is 19.9 Å². The summed E-state index contributed by atoms with van der Waals surface area (Å²) in [6, 6.07) is 18.1. The summed E-state index contributed by atoms with van der Waals surface area (Å²) in [6.07, 6.45) is 2.28. The van der Waals surface area contributed by atoms with Gasteiger partial charge in [0.05, 0.1) is 29.2 Å². The van der Waals surface area contributed by atoms with E-state index in [1.54, 1.807) is 11.3 Å². The first-order chi connectivity index (χ1) is 13.8. The third-order valence-electron chi connectivity index (χ3n) is 5.20. The number of aromatic nitrogens is 3. The van der Waals surface area contributed by atoms with Crippen LogP contribution in [0.1, 0.15) is 30.4 Å². The first-order valence-electron chi connectivity index (χ1n) is 9.52. The number of likely N-dealkylation sites (tertiary alicyclic amines) is 1. The van der Waals surface area contributed by atoms with E-state index in [9.17, 15) is 4.79 Å². The lowest BCUT2D eigenvalue weighted by Crippen LogP contribution is -2.32. The number of imidazole rings is 1. The summed E-state index contributed by atoms with van der Waals surface area (Å²) in [7, 11) is 0. The summed E-state index contributed by atoms with van der Waals surface area (Å²) < 4.78 is 0. The van der Waals surface area contributed by atoms with E-state index >= 15 is 0 Å². The quantitative estimate of drug-likeness (QED) is 0.556. The normalized spacial score (nSPS) is 16.7. The van der Waals surface area contributed by atoms with E-state index in [0.29, 0.717) is 6.42 Å². The van der Waals surface area contributed by atoms with Crippen LogP contribution in [0, 0.1) is 0 Å². The van der Waals surface area contributed by atoms with Crippen LogP contribution in [0.25, 0.3) is 21.6 Å². The molecule has 1 fully saturated rings. The highest BCUT2D eigenvalue weighted by molar-refractivity contribution is 7.13. The molecule has 1 unspecified atom stereocenters. The van der Waals surface area contributed by atoms with Crippen LogP contribution in [-0.2, 0) is 11.2 Å². The van der Waals surface area contributed by atoms with Gasteiger partial charge in [-0.3, -0.25) is 4.79 Å². The van der Waals surface area contributed by atoms with E-state index in [2.05, 4.69) is 9.97 Å². The highest BCUT2D eigenvalue weighted by atomic mass is 32.1. The van der Waals surface area contributed by atoms with Gasteiger partial charge in [-0.15, -0.1) is 11.3 Å². The van der Waals surface area contributed by atoms with Crippen LogP contribution in [0.4, 0.5) is 0 Å². The van der Waals surface area contributed by atoms with E-state index in [-0.39, 0.29) is 11.9 Å². The molecule has 0 spiro atoms. The lowest BCUT2D eigenvalue weighted by Gasteiger charge is -2.22. The number of carbonyl (C=O) groups excluding carboxylic acids is 1. The molecule has 6 heteroatoms. The fraction of sp³-hybridized carbons (Fsp3) is 0.227. The Labute approximate surface area is 167 Å². The molecule has 28 heavy (non-hydrogen) atoms. The van der Waals surface area contributed by atoms with E-state index < -0.39 is 0 Å². The summed E-state index contributed by atoms with van der Waals surface area (Å²) >= 11 is 1.59. The Morgan fingerprint density at radius 3 is 2.79 bits per heavy atom. The average Bonchev–Trinajstić information content (AvgIpc) is 3.47. The van der Waals surface area contributed by atoms with Crippen molar-refractivity contribution in [2.75, 3.05) is 6.54 Å². The third kappa shape index (κ3) is 3.20. The first-order valence-corrected chi connectivity index (χ1v) is 10.4. The van der Waals surface area contributed by atoms with E-state index in [1.165, 1.54) is 0 Å². The number of hydrogen-bond acceptors (Lipinski definition) is 4. The molecule has 0 bridgehead atoms. The molecule has 2 aromatic carbocycles. The van der Waals surface area contributed by atoms with Crippen LogP contribution in [0.2, 0.25) is 0 Å². The van der Waals surface area contributed by atoms with Crippen molar-refractivity contribution in [2.24, 2.45) is 0 Å². The molecule has 4 aromatic rings.